The highest BCUT2D eigenvalue weighted by atomic mass is 16.2. The fourth-order valence-corrected chi connectivity index (χ4v) is 2.84. The van der Waals surface area contributed by atoms with E-state index < -0.39 is 0 Å². The molecule has 6 nitrogen and oxygen atoms in total. The largest absolute Gasteiger partial charge is 0.336 e. The average Bonchev–Trinajstić information content (AvgIpc) is 3.04. The summed E-state index contributed by atoms with van der Waals surface area (Å²) in [6.45, 7) is 3.48. The SMILES string of the molecule is Cc1ccccc1NC(=O)NC[C@H]1CCCN1c1ncccn1. The van der Waals surface area contributed by atoms with Crippen LogP contribution in [0.3, 0.4) is 0 Å². The van der Waals surface area contributed by atoms with Crippen LogP contribution in [-0.4, -0.2) is 35.1 Å². The molecule has 0 aliphatic carbocycles. The first kappa shape index (κ1) is 15.3. The Bertz CT molecular complexity index is 661. The van der Waals surface area contributed by atoms with E-state index in [2.05, 4.69) is 25.5 Å². The van der Waals surface area contributed by atoms with E-state index in [1.807, 2.05) is 37.3 Å². The van der Waals surface area contributed by atoms with E-state index in [-0.39, 0.29) is 12.1 Å². The normalized spacial score (nSPS) is 17.1. The Balaban J connectivity index is 1.55. The monoisotopic (exact) mass is 311 g/mol. The van der Waals surface area contributed by atoms with Gasteiger partial charge in [-0.15, -0.1) is 0 Å². The van der Waals surface area contributed by atoms with Crippen molar-refractivity contribution in [3.63, 3.8) is 0 Å². The number of nitrogens with one attached hydrogen (secondary N) is 2. The molecule has 1 atom stereocenters. The second-order valence-electron chi connectivity index (χ2n) is 5.69. The minimum atomic E-state index is -0.180. The van der Waals surface area contributed by atoms with Crippen molar-refractivity contribution in [2.24, 2.45) is 0 Å². The number of rotatable bonds is 4. The van der Waals surface area contributed by atoms with Crippen LogP contribution in [0, 0.1) is 6.92 Å². The number of aromatic nitrogens is 2. The molecule has 0 radical (unpaired) electrons. The van der Waals surface area contributed by atoms with Gasteiger partial charge in [0.2, 0.25) is 5.95 Å². The third-order valence-electron chi connectivity index (χ3n) is 4.08. The van der Waals surface area contributed by atoms with Crippen molar-refractivity contribution in [1.29, 1.82) is 0 Å². The van der Waals surface area contributed by atoms with Crippen LogP contribution in [0.15, 0.2) is 42.7 Å². The number of carbonyl (C=O) groups excluding carboxylic acids is 1. The molecular formula is C17H21N5O. The maximum atomic E-state index is 12.1. The summed E-state index contributed by atoms with van der Waals surface area (Å²) >= 11 is 0. The summed E-state index contributed by atoms with van der Waals surface area (Å²) in [5.74, 6) is 0.733. The highest BCUT2D eigenvalue weighted by Gasteiger charge is 2.26. The molecule has 6 heteroatoms. The van der Waals surface area contributed by atoms with Crippen LogP contribution in [0.5, 0.6) is 0 Å². The highest BCUT2D eigenvalue weighted by Crippen LogP contribution is 2.21. The molecular weight excluding hydrogens is 290 g/mol. The number of nitrogens with zero attached hydrogens (tertiary/aromatic N) is 3. The van der Waals surface area contributed by atoms with Crippen molar-refractivity contribution in [2.75, 3.05) is 23.3 Å². The van der Waals surface area contributed by atoms with Crippen molar-refractivity contribution in [1.82, 2.24) is 15.3 Å². The fraction of sp³-hybridized carbons (Fsp3) is 0.353. The number of anilines is 2. The lowest BCUT2D eigenvalue weighted by Crippen LogP contribution is -2.42. The summed E-state index contributed by atoms with van der Waals surface area (Å²) in [5.41, 5.74) is 1.88. The molecule has 0 unspecified atom stereocenters. The molecule has 23 heavy (non-hydrogen) atoms. The lowest BCUT2D eigenvalue weighted by molar-refractivity contribution is 0.251. The van der Waals surface area contributed by atoms with Crippen molar-refractivity contribution < 1.29 is 4.79 Å². The third kappa shape index (κ3) is 3.77. The van der Waals surface area contributed by atoms with Crippen LogP contribution < -0.4 is 15.5 Å². The van der Waals surface area contributed by atoms with Crippen LogP contribution in [0.1, 0.15) is 18.4 Å². The molecule has 0 saturated carbocycles. The van der Waals surface area contributed by atoms with E-state index >= 15 is 0 Å². The second-order valence-corrected chi connectivity index (χ2v) is 5.69. The standard InChI is InChI=1S/C17H21N5O/c1-13-6-2-3-8-15(13)21-17(23)20-12-14-7-4-11-22(14)16-18-9-5-10-19-16/h2-3,5-6,8-10,14H,4,7,11-12H2,1H3,(H2,20,21,23)/t14-/m1/s1. The van der Waals surface area contributed by atoms with Crippen LogP contribution in [-0.2, 0) is 0 Å². The number of aryl methyl sites for hydroxylation is 1. The first-order valence-electron chi connectivity index (χ1n) is 7.88. The zero-order valence-corrected chi connectivity index (χ0v) is 13.2. The van der Waals surface area contributed by atoms with E-state index in [0.29, 0.717) is 6.54 Å². The van der Waals surface area contributed by atoms with Crippen molar-refractivity contribution in [2.45, 2.75) is 25.8 Å². The van der Waals surface area contributed by atoms with Gasteiger partial charge in [0.05, 0.1) is 0 Å². The summed E-state index contributed by atoms with van der Waals surface area (Å²) < 4.78 is 0. The number of carbonyl (C=O) groups is 1. The lowest BCUT2D eigenvalue weighted by Gasteiger charge is -2.24. The molecule has 1 saturated heterocycles. The van der Waals surface area contributed by atoms with Gasteiger partial charge in [-0.05, 0) is 37.5 Å². The van der Waals surface area contributed by atoms with Gasteiger partial charge in [0, 0.05) is 37.2 Å². The zero-order valence-electron chi connectivity index (χ0n) is 13.2. The molecule has 1 aromatic heterocycles. The van der Waals surface area contributed by atoms with E-state index in [9.17, 15) is 4.79 Å². The smallest absolute Gasteiger partial charge is 0.319 e. The van der Waals surface area contributed by atoms with Crippen LogP contribution >= 0.6 is 0 Å². The summed E-state index contributed by atoms with van der Waals surface area (Å²) in [6, 6.07) is 9.60. The Kier molecular flexibility index (Phi) is 4.71. The second kappa shape index (κ2) is 7.09. The Morgan fingerprint density at radius 1 is 1.26 bits per heavy atom. The average molecular weight is 311 g/mol. The number of amides is 2. The number of para-hydroxylation sites is 1. The van der Waals surface area contributed by atoms with Crippen LogP contribution in [0.25, 0.3) is 0 Å². The molecule has 1 fully saturated rings. The molecule has 1 aromatic carbocycles. The molecule has 2 heterocycles. The molecule has 2 N–H and O–H groups in total. The van der Waals surface area contributed by atoms with E-state index in [4.69, 9.17) is 0 Å². The first-order chi connectivity index (χ1) is 11.2. The van der Waals surface area contributed by atoms with E-state index in [1.165, 1.54) is 0 Å². The summed E-state index contributed by atoms with van der Waals surface area (Å²) in [7, 11) is 0. The van der Waals surface area contributed by atoms with Crippen molar-refractivity contribution in [3.8, 4) is 0 Å². The molecule has 3 rings (SSSR count). The Morgan fingerprint density at radius 2 is 2.04 bits per heavy atom. The Labute approximate surface area is 135 Å². The van der Waals surface area contributed by atoms with Gasteiger partial charge in [-0.25, -0.2) is 14.8 Å². The maximum absolute atomic E-state index is 12.1. The Morgan fingerprint density at radius 3 is 2.83 bits per heavy atom. The molecule has 120 valence electrons. The summed E-state index contributed by atoms with van der Waals surface area (Å²) in [5, 5.41) is 5.84. The maximum Gasteiger partial charge on any atom is 0.319 e. The zero-order chi connectivity index (χ0) is 16.1. The molecule has 2 aromatic rings. The van der Waals surface area contributed by atoms with Crippen molar-refractivity contribution >= 4 is 17.7 Å². The minimum Gasteiger partial charge on any atom is -0.336 e. The molecule has 1 aliphatic rings. The van der Waals surface area contributed by atoms with Crippen LogP contribution in [0.4, 0.5) is 16.4 Å². The molecule has 0 spiro atoms. The molecule has 0 bridgehead atoms. The highest BCUT2D eigenvalue weighted by molar-refractivity contribution is 5.90. The van der Waals surface area contributed by atoms with Gasteiger partial charge in [0.1, 0.15) is 0 Å². The van der Waals surface area contributed by atoms with E-state index in [1.54, 1.807) is 12.4 Å². The number of benzene rings is 1. The molecule has 2 amide bonds. The van der Waals surface area contributed by atoms with E-state index in [0.717, 1.165) is 36.6 Å². The van der Waals surface area contributed by atoms with Crippen molar-refractivity contribution in [3.05, 3.63) is 48.3 Å². The molecule has 1 aliphatic heterocycles. The number of hydrogen-bond donors (Lipinski definition) is 2. The quantitative estimate of drug-likeness (QED) is 0.910. The van der Waals surface area contributed by atoms with Gasteiger partial charge in [-0.1, -0.05) is 18.2 Å². The summed E-state index contributed by atoms with van der Waals surface area (Å²) in [4.78, 5) is 22.9. The van der Waals surface area contributed by atoms with Gasteiger partial charge >= 0.3 is 6.03 Å². The lowest BCUT2D eigenvalue weighted by atomic mass is 10.2. The topological polar surface area (TPSA) is 70.2 Å². The van der Waals surface area contributed by atoms with Crippen LogP contribution in [0.2, 0.25) is 0 Å². The number of urea groups is 1. The van der Waals surface area contributed by atoms with Gasteiger partial charge < -0.3 is 15.5 Å². The predicted molar refractivity (Wildman–Crippen MR) is 90.6 cm³/mol. The minimum absolute atomic E-state index is 0.180. The van der Waals surface area contributed by atoms with Gasteiger partial charge in [-0.2, -0.15) is 0 Å². The van der Waals surface area contributed by atoms with Gasteiger partial charge in [-0.3, -0.25) is 0 Å². The first-order valence-corrected chi connectivity index (χ1v) is 7.88. The Hall–Kier alpha value is -2.63. The van der Waals surface area contributed by atoms with Gasteiger partial charge in [0.25, 0.3) is 0 Å². The van der Waals surface area contributed by atoms with Gasteiger partial charge in [0.15, 0.2) is 0 Å². The summed E-state index contributed by atoms with van der Waals surface area (Å²) in [6.07, 6.45) is 5.61. The third-order valence-corrected chi connectivity index (χ3v) is 4.08. The predicted octanol–water partition coefficient (Wildman–Crippen LogP) is 2.58. The fourth-order valence-electron chi connectivity index (χ4n) is 2.84. The number of hydrogen-bond acceptors (Lipinski definition) is 4.